The minimum Gasteiger partial charge on any atom is -0.477 e. The first kappa shape index (κ1) is 11.1. The Hall–Kier alpha value is -2.36. The summed E-state index contributed by atoms with van der Waals surface area (Å²) in [6.45, 7) is 1.89. The van der Waals surface area contributed by atoms with Crippen molar-refractivity contribution >= 4 is 5.97 Å². The van der Waals surface area contributed by atoms with Crippen LogP contribution in [0.5, 0.6) is 11.6 Å². The average molecular weight is 229 g/mol. The van der Waals surface area contributed by atoms with Crippen molar-refractivity contribution in [2.75, 3.05) is 0 Å². The molecule has 1 aromatic carbocycles. The zero-order chi connectivity index (χ0) is 12.3. The number of nitrogens with zero attached hydrogens (tertiary/aromatic N) is 1. The molecule has 0 unspecified atom stereocenters. The van der Waals surface area contributed by atoms with E-state index in [2.05, 4.69) is 4.98 Å². The van der Waals surface area contributed by atoms with Crippen molar-refractivity contribution in [3.05, 3.63) is 53.7 Å². The van der Waals surface area contributed by atoms with Crippen LogP contribution in [0.1, 0.15) is 15.9 Å². The van der Waals surface area contributed by atoms with Crippen molar-refractivity contribution in [2.45, 2.75) is 6.92 Å². The summed E-state index contributed by atoms with van der Waals surface area (Å²) in [4.78, 5) is 14.9. The normalized spacial score (nSPS) is 9.94. The van der Waals surface area contributed by atoms with E-state index in [9.17, 15) is 4.79 Å². The second-order valence-electron chi connectivity index (χ2n) is 3.53. The number of hydrogen-bond acceptors (Lipinski definition) is 3. The van der Waals surface area contributed by atoms with E-state index in [0.717, 1.165) is 5.56 Å². The molecule has 1 aromatic heterocycles. The van der Waals surface area contributed by atoms with Gasteiger partial charge in [0.15, 0.2) is 0 Å². The minimum absolute atomic E-state index is 0.0516. The fourth-order valence-electron chi connectivity index (χ4n) is 1.41. The third-order valence-electron chi connectivity index (χ3n) is 2.30. The highest BCUT2D eigenvalue weighted by Gasteiger charge is 2.13. The highest BCUT2D eigenvalue weighted by atomic mass is 16.5. The number of pyridine rings is 1. The van der Waals surface area contributed by atoms with Gasteiger partial charge in [-0.25, -0.2) is 9.78 Å². The molecule has 0 spiro atoms. The van der Waals surface area contributed by atoms with E-state index in [1.807, 2.05) is 25.1 Å². The van der Waals surface area contributed by atoms with Gasteiger partial charge < -0.3 is 9.84 Å². The van der Waals surface area contributed by atoms with E-state index in [-0.39, 0.29) is 11.4 Å². The molecule has 0 bridgehead atoms. The Morgan fingerprint density at radius 1 is 1.24 bits per heavy atom. The molecule has 2 rings (SSSR count). The van der Waals surface area contributed by atoms with Gasteiger partial charge in [-0.05, 0) is 30.7 Å². The predicted octanol–water partition coefficient (Wildman–Crippen LogP) is 2.88. The van der Waals surface area contributed by atoms with Gasteiger partial charge >= 0.3 is 5.97 Å². The number of carboxylic acid groups (broad SMARTS) is 1. The Balaban J connectivity index is 2.37. The first-order chi connectivity index (χ1) is 8.18. The Kier molecular flexibility index (Phi) is 3.05. The van der Waals surface area contributed by atoms with Crippen LogP contribution in [0.15, 0.2) is 42.6 Å². The lowest BCUT2D eigenvalue weighted by Gasteiger charge is -2.08. The fraction of sp³-hybridized carbons (Fsp3) is 0.0769. The van der Waals surface area contributed by atoms with E-state index in [1.54, 1.807) is 12.1 Å². The molecule has 0 radical (unpaired) electrons. The van der Waals surface area contributed by atoms with Gasteiger partial charge in [0.25, 0.3) is 0 Å². The monoisotopic (exact) mass is 229 g/mol. The van der Waals surface area contributed by atoms with E-state index in [1.165, 1.54) is 12.3 Å². The molecule has 0 aliphatic rings. The average Bonchev–Trinajstić information content (AvgIpc) is 2.32. The lowest BCUT2D eigenvalue weighted by atomic mass is 10.2. The van der Waals surface area contributed by atoms with Crippen molar-refractivity contribution in [1.82, 2.24) is 4.98 Å². The number of ether oxygens (including phenoxy) is 1. The zero-order valence-corrected chi connectivity index (χ0v) is 9.25. The molecule has 0 saturated carbocycles. The van der Waals surface area contributed by atoms with Crippen LogP contribution >= 0.6 is 0 Å². The van der Waals surface area contributed by atoms with Gasteiger partial charge in [-0.1, -0.05) is 18.2 Å². The molecule has 0 fully saturated rings. The van der Waals surface area contributed by atoms with Crippen molar-refractivity contribution in [3.8, 4) is 11.6 Å². The smallest absolute Gasteiger partial charge is 0.341 e. The van der Waals surface area contributed by atoms with Crippen LogP contribution in [-0.2, 0) is 0 Å². The molecular formula is C13H11NO3. The maximum Gasteiger partial charge on any atom is 0.341 e. The lowest BCUT2D eigenvalue weighted by molar-refractivity contribution is 0.0693. The highest BCUT2D eigenvalue weighted by molar-refractivity contribution is 5.90. The predicted molar refractivity (Wildman–Crippen MR) is 62.4 cm³/mol. The largest absolute Gasteiger partial charge is 0.477 e. The lowest BCUT2D eigenvalue weighted by Crippen LogP contribution is -2.01. The SMILES string of the molecule is Cc1ccccc1Oc1ncccc1C(=O)O. The number of benzene rings is 1. The van der Waals surface area contributed by atoms with Crippen LogP contribution in [0.25, 0.3) is 0 Å². The van der Waals surface area contributed by atoms with Gasteiger partial charge in [0.2, 0.25) is 5.88 Å². The molecule has 0 aliphatic carbocycles. The third kappa shape index (κ3) is 2.42. The number of carbonyl (C=O) groups is 1. The second-order valence-corrected chi connectivity index (χ2v) is 3.53. The number of aromatic carboxylic acids is 1. The van der Waals surface area contributed by atoms with Gasteiger partial charge in [-0.2, -0.15) is 0 Å². The number of para-hydroxylation sites is 1. The summed E-state index contributed by atoms with van der Waals surface area (Å²) in [6.07, 6.45) is 1.50. The number of hydrogen-bond donors (Lipinski definition) is 1. The molecular weight excluding hydrogens is 218 g/mol. The van der Waals surface area contributed by atoms with Gasteiger partial charge in [0.05, 0.1) is 0 Å². The van der Waals surface area contributed by atoms with Crippen LogP contribution in [0.2, 0.25) is 0 Å². The maximum atomic E-state index is 11.0. The molecule has 4 nitrogen and oxygen atoms in total. The van der Waals surface area contributed by atoms with E-state index >= 15 is 0 Å². The maximum absolute atomic E-state index is 11.0. The molecule has 2 aromatic rings. The Morgan fingerprint density at radius 3 is 2.71 bits per heavy atom. The van der Waals surface area contributed by atoms with Gasteiger partial charge in [-0.15, -0.1) is 0 Å². The Bertz CT molecular complexity index is 552. The number of carboxylic acids is 1. The molecule has 1 N–H and O–H groups in total. The van der Waals surface area contributed by atoms with Crippen LogP contribution in [-0.4, -0.2) is 16.1 Å². The Morgan fingerprint density at radius 2 is 2.00 bits per heavy atom. The quantitative estimate of drug-likeness (QED) is 0.879. The van der Waals surface area contributed by atoms with E-state index in [4.69, 9.17) is 9.84 Å². The van der Waals surface area contributed by atoms with Gasteiger partial charge in [0.1, 0.15) is 11.3 Å². The van der Waals surface area contributed by atoms with E-state index < -0.39 is 5.97 Å². The standard InChI is InChI=1S/C13H11NO3/c1-9-5-2-3-7-11(9)17-12-10(13(15)16)6-4-8-14-12/h2-8H,1H3,(H,15,16). The molecule has 0 saturated heterocycles. The highest BCUT2D eigenvalue weighted by Crippen LogP contribution is 2.25. The summed E-state index contributed by atoms with van der Waals surface area (Å²) in [5, 5.41) is 8.99. The summed E-state index contributed by atoms with van der Waals surface area (Å²) < 4.78 is 5.51. The van der Waals surface area contributed by atoms with Crippen LogP contribution < -0.4 is 4.74 Å². The van der Waals surface area contributed by atoms with Crippen LogP contribution in [0.3, 0.4) is 0 Å². The number of rotatable bonds is 3. The van der Waals surface area contributed by atoms with Crippen LogP contribution in [0.4, 0.5) is 0 Å². The Labute approximate surface area is 98.5 Å². The summed E-state index contributed by atoms with van der Waals surface area (Å²) >= 11 is 0. The number of aromatic nitrogens is 1. The topological polar surface area (TPSA) is 59.4 Å². The summed E-state index contributed by atoms with van der Waals surface area (Å²) in [5.74, 6) is -0.343. The summed E-state index contributed by atoms with van der Waals surface area (Å²) in [6, 6.07) is 10.4. The second kappa shape index (κ2) is 4.65. The fourth-order valence-corrected chi connectivity index (χ4v) is 1.41. The number of aryl methyl sites for hydroxylation is 1. The van der Waals surface area contributed by atoms with Gasteiger partial charge in [-0.3, -0.25) is 0 Å². The van der Waals surface area contributed by atoms with Crippen molar-refractivity contribution in [2.24, 2.45) is 0 Å². The first-order valence-electron chi connectivity index (χ1n) is 5.10. The summed E-state index contributed by atoms with van der Waals surface area (Å²) in [5.41, 5.74) is 0.977. The summed E-state index contributed by atoms with van der Waals surface area (Å²) in [7, 11) is 0. The van der Waals surface area contributed by atoms with E-state index in [0.29, 0.717) is 5.75 Å². The molecule has 0 atom stereocenters. The first-order valence-corrected chi connectivity index (χ1v) is 5.10. The molecule has 0 amide bonds. The minimum atomic E-state index is -1.05. The van der Waals surface area contributed by atoms with Crippen LogP contribution in [0, 0.1) is 6.92 Å². The van der Waals surface area contributed by atoms with Gasteiger partial charge in [0, 0.05) is 6.20 Å². The zero-order valence-electron chi connectivity index (χ0n) is 9.25. The van der Waals surface area contributed by atoms with Crippen molar-refractivity contribution < 1.29 is 14.6 Å². The van der Waals surface area contributed by atoms with Crippen molar-refractivity contribution in [1.29, 1.82) is 0 Å². The molecule has 17 heavy (non-hydrogen) atoms. The third-order valence-corrected chi connectivity index (χ3v) is 2.30. The molecule has 4 heteroatoms. The van der Waals surface area contributed by atoms with Crippen molar-refractivity contribution in [3.63, 3.8) is 0 Å². The molecule has 86 valence electrons. The molecule has 1 heterocycles. The molecule has 0 aliphatic heterocycles.